The van der Waals surface area contributed by atoms with Crippen LogP contribution in [0.3, 0.4) is 0 Å². The minimum absolute atomic E-state index is 0.0461. The summed E-state index contributed by atoms with van der Waals surface area (Å²) >= 11 is 0. The number of carboxylic acid groups (broad SMARTS) is 1. The summed E-state index contributed by atoms with van der Waals surface area (Å²) in [6.07, 6.45) is 3.05. The number of nitrogens with one attached hydrogen (secondary N) is 1. The number of benzene rings is 1. The first-order valence-electron chi connectivity index (χ1n) is 6.98. The summed E-state index contributed by atoms with van der Waals surface area (Å²) < 4.78 is 17.5. The molecule has 0 saturated heterocycles. The van der Waals surface area contributed by atoms with Crippen LogP contribution in [0.25, 0.3) is 0 Å². The van der Waals surface area contributed by atoms with Gasteiger partial charge in [0.1, 0.15) is 19.0 Å². The third kappa shape index (κ3) is 3.85. The molecule has 2 N–H and O–H groups in total. The van der Waals surface area contributed by atoms with E-state index in [9.17, 15) is 9.18 Å². The minimum atomic E-state index is -0.699. The van der Waals surface area contributed by atoms with Crippen molar-refractivity contribution in [3.8, 4) is 5.75 Å². The molecule has 4 nitrogen and oxygen atoms in total. The van der Waals surface area contributed by atoms with Gasteiger partial charge in [0.05, 0.1) is 11.6 Å². The van der Waals surface area contributed by atoms with Crippen LogP contribution in [0.4, 0.5) is 10.1 Å². The van der Waals surface area contributed by atoms with Crippen LogP contribution in [-0.2, 0) is 4.79 Å². The molecule has 0 aliphatic heterocycles. The van der Waals surface area contributed by atoms with Crippen LogP contribution in [0.1, 0.15) is 25.7 Å². The third-order valence-corrected chi connectivity index (χ3v) is 3.66. The Morgan fingerprint density at radius 3 is 2.65 bits per heavy atom. The lowest BCUT2D eigenvalue weighted by Gasteiger charge is -2.28. The molecule has 5 heteroatoms. The van der Waals surface area contributed by atoms with Crippen molar-refractivity contribution in [3.05, 3.63) is 24.3 Å². The molecule has 1 aromatic rings. The highest BCUT2D eigenvalue weighted by molar-refractivity contribution is 5.70. The van der Waals surface area contributed by atoms with Gasteiger partial charge in [-0.15, -0.1) is 0 Å². The van der Waals surface area contributed by atoms with Crippen molar-refractivity contribution in [1.29, 1.82) is 0 Å². The molecule has 2 rings (SSSR count). The molecule has 0 amide bonds. The number of aliphatic carboxylic acids is 1. The molecule has 1 saturated carbocycles. The monoisotopic (exact) mass is 281 g/mol. The fraction of sp³-hybridized carbons (Fsp3) is 0.533. The second kappa shape index (κ2) is 7.12. The lowest BCUT2D eigenvalue weighted by molar-refractivity contribution is -0.142. The molecule has 1 aromatic carbocycles. The molecule has 0 atom stereocenters. The number of anilines is 1. The van der Waals surface area contributed by atoms with Crippen molar-refractivity contribution in [2.24, 2.45) is 5.92 Å². The van der Waals surface area contributed by atoms with Gasteiger partial charge in [0.2, 0.25) is 0 Å². The van der Waals surface area contributed by atoms with Crippen LogP contribution in [0.2, 0.25) is 0 Å². The number of carboxylic acids is 1. The van der Waals surface area contributed by atoms with Gasteiger partial charge in [0.15, 0.2) is 0 Å². The minimum Gasteiger partial charge on any atom is -0.489 e. The van der Waals surface area contributed by atoms with E-state index in [4.69, 9.17) is 9.84 Å². The standard InChI is InChI=1S/C15H20FNO3/c16-9-10-20-14-4-2-1-3-13(14)17-12-7-5-11(6-8-12)15(18)19/h1-4,11-12,17H,5-10H2,(H,18,19). The van der Waals surface area contributed by atoms with Crippen LogP contribution in [0.15, 0.2) is 24.3 Å². The molecule has 0 heterocycles. The van der Waals surface area contributed by atoms with Gasteiger partial charge in [0, 0.05) is 6.04 Å². The van der Waals surface area contributed by atoms with Gasteiger partial charge in [-0.05, 0) is 37.8 Å². The van der Waals surface area contributed by atoms with Gasteiger partial charge in [-0.1, -0.05) is 12.1 Å². The molecular weight excluding hydrogens is 261 g/mol. The first-order chi connectivity index (χ1) is 9.70. The van der Waals surface area contributed by atoms with Crippen LogP contribution in [0, 0.1) is 5.92 Å². The van der Waals surface area contributed by atoms with E-state index in [-0.39, 0.29) is 18.6 Å². The molecule has 0 radical (unpaired) electrons. The lowest BCUT2D eigenvalue weighted by atomic mass is 9.86. The number of alkyl halides is 1. The van der Waals surface area contributed by atoms with Gasteiger partial charge in [0.25, 0.3) is 0 Å². The Morgan fingerprint density at radius 1 is 1.30 bits per heavy atom. The van der Waals surface area contributed by atoms with Crippen molar-refractivity contribution in [2.75, 3.05) is 18.6 Å². The van der Waals surface area contributed by atoms with E-state index in [1.807, 2.05) is 18.2 Å². The molecule has 110 valence electrons. The molecular formula is C15H20FNO3. The predicted molar refractivity (Wildman–Crippen MR) is 74.9 cm³/mol. The van der Waals surface area contributed by atoms with Gasteiger partial charge in [-0.25, -0.2) is 4.39 Å². The van der Waals surface area contributed by atoms with Gasteiger partial charge in [-0.2, -0.15) is 0 Å². The molecule has 0 aromatic heterocycles. The zero-order chi connectivity index (χ0) is 14.4. The van der Waals surface area contributed by atoms with Gasteiger partial charge in [-0.3, -0.25) is 4.79 Å². The summed E-state index contributed by atoms with van der Waals surface area (Å²) in [5.41, 5.74) is 0.847. The molecule has 1 aliphatic rings. The molecule has 0 bridgehead atoms. The number of rotatable bonds is 6. The van der Waals surface area contributed by atoms with Crippen LogP contribution in [-0.4, -0.2) is 30.4 Å². The van der Waals surface area contributed by atoms with E-state index in [1.165, 1.54) is 0 Å². The zero-order valence-corrected chi connectivity index (χ0v) is 11.3. The van der Waals surface area contributed by atoms with E-state index in [2.05, 4.69) is 5.32 Å². The third-order valence-electron chi connectivity index (χ3n) is 3.66. The lowest BCUT2D eigenvalue weighted by Crippen LogP contribution is -2.29. The summed E-state index contributed by atoms with van der Waals surface area (Å²) in [5.74, 6) is -0.272. The Hall–Kier alpha value is -1.78. The van der Waals surface area contributed by atoms with E-state index >= 15 is 0 Å². The number of carbonyl (C=O) groups is 1. The van der Waals surface area contributed by atoms with Crippen molar-refractivity contribution < 1.29 is 19.0 Å². The van der Waals surface area contributed by atoms with Crippen molar-refractivity contribution in [3.63, 3.8) is 0 Å². The maximum Gasteiger partial charge on any atom is 0.306 e. The van der Waals surface area contributed by atoms with Gasteiger partial charge >= 0.3 is 5.97 Å². The highest BCUT2D eigenvalue weighted by atomic mass is 19.1. The smallest absolute Gasteiger partial charge is 0.306 e. The Kier molecular flexibility index (Phi) is 5.21. The first-order valence-corrected chi connectivity index (χ1v) is 6.98. The van der Waals surface area contributed by atoms with Crippen molar-refractivity contribution in [2.45, 2.75) is 31.7 Å². The Morgan fingerprint density at radius 2 is 2.00 bits per heavy atom. The Balaban J connectivity index is 1.92. The maximum absolute atomic E-state index is 12.2. The highest BCUT2D eigenvalue weighted by Crippen LogP contribution is 2.30. The number of halogens is 1. The number of ether oxygens (including phenoxy) is 1. The average Bonchev–Trinajstić information content (AvgIpc) is 2.47. The number of hydrogen-bond donors (Lipinski definition) is 2. The van der Waals surface area contributed by atoms with Crippen molar-refractivity contribution >= 4 is 11.7 Å². The summed E-state index contributed by atoms with van der Waals surface area (Å²) in [7, 11) is 0. The second-order valence-electron chi connectivity index (χ2n) is 5.06. The Bertz CT molecular complexity index is 444. The predicted octanol–water partition coefficient (Wildman–Crippen LogP) is 3.09. The average molecular weight is 281 g/mol. The second-order valence-corrected chi connectivity index (χ2v) is 5.06. The molecule has 0 unspecified atom stereocenters. The fourth-order valence-electron chi connectivity index (χ4n) is 2.56. The molecule has 0 spiro atoms. The van der Waals surface area contributed by atoms with E-state index in [0.717, 1.165) is 18.5 Å². The highest BCUT2D eigenvalue weighted by Gasteiger charge is 2.26. The van der Waals surface area contributed by atoms with Gasteiger partial charge < -0.3 is 15.2 Å². The van der Waals surface area contributed by atoms with E-state index < -0.39 is 12.6 Å². The fourth-order valence-corrected chi connectivity index (χ4v) is 2.56. The number of hydrogen-bond acceptors (Lipinski definition) is 3. The SMILES string of the molecule is O=C(O)C1CCC(Nc2ccccc2OCCF)CC1. The van der Waals surface area contributed by atoms with Crippen LogP contribution < -0.4 is 10.1 Å². The normalized spacial score (nSPS) is 22.2. The largest absolute Gasteiger partial charge is 0.489 e. The number of para-hydroxylation sites is 2. The first kappa shape index (κ1) is 14.6. The maximum atomic E-state index is 12.2. The van der Waals surface area contributed by atoms with E-state index in [1.54, 1.807) is 6.07 Å². The van der Waals surface area contributed by atoms with Crippen molar-refractivity contribution in [1.82, 2.24) is 0 Å². The topological polar surface area (TPSA) is 58.6 Å². The van der Waals surface area contributed by atoms with Crippen LogP contribution >= 0.6 is 0 Å². The quantitative estimate of drug-likeness (QED) is 0.841. The summed E-state index contributed by atoms with van der Waals surface area (Å²) in [6, 6.07) is 7.70. The Labute approximate surface area is 117 Å². The molecule has 20 heavy (non-hydrogen) atoms. The summed E-state index contributed by atoms with van der Waals surface area (Å²) in [4.78, 5) is 10.9. The molecule has 1 aliphatic carbocycles. The molecule has 1 fully saturated rings. The zero-order valence-electron chi connectivity index (χ0n) is 11.3. The summed E-state index contributed by atoms with van der Waals surface area (Å²) in [5, 5.41) is 12.4. The summed E-state index contributed by atoms with van der Waals surface area (Å²) in [6.45, 7) is -0.470. The van der Waals surface area contributed by atoms with Crippen LogP contribution in [0.5, 0.6) is 5.75 Å². The van der Waals surface area contributed by atoms with E-state index in [0.29, 0.717) is 18.6 Å².